The van der Waals surface area contributed by atoms with E-state index in [0.29, 0.717) is 29.8 Å². The van der Waals surface area contributed by atoms with Gasteiger partial charge in [0.25, 0.3) is 0 Å². The first-order chi connectivity index (χ1) is 14.5. The Hall–Kier alpha value is -3.07. The molecule has 4 rings (SSSR count). The minimum absolute atomic E-state index is 0.0242. The van der Waals surface area contributed by atoms with Crippen LogP contribution in [0.3, 0.4) is 0 Å². The molecule has 1 atom stereocenters. The summed E-state index contributed by atoms with van der Waals surface area (Å²) in [6.07, 6.45) is 3.61. The Labute approximate surface area is 178 Å². The summed E-state index contributed by atoms with van der Waals surface area (Å²) < 4.78 is 7.22. The Morgan fingerprint density at radius 1 is 1.23 bits per heavy atom. The van der Waals surface area contributed by atoms with E-state index in [-0.39, 0.29) is 17.6 Å². The summed E-state index contributed by atoms with van der Waals surface area (Å²) in [5.41, 5.74) is 7.51. The molecular formula is C21H23N5O3S. The highest BCUT2D eigenvalue weighted by molar-refractivity contribution is 8.00. The van der Waals surface area contributed by atoms with Gasteiger partial charge in [-0.1, -0.05) is 30.0 Å². The lowest BCUT2D eigenvalue weighted by atomic mass is 10.0. The van der Waals surface area contributed by atoms with Crippen LogP contribution >= 0.6 is 11.8 Å². The number of para-hydroxylation sites is 1. The smallest absolute Gasteiger partial charge is 0.240 e. The Morgan fingerprint density at radius 3 is 2.83 bits per heavy atom. The second-order valence-electron chi connectivity index (χ2n) is 7.13. The molecule has 0 aliphatic carbocycles. The fourth-order valence-electron chi connectivity index (χ4n) is 3.58. The minimum atomic E-state index is -0.418. The van der Waals surface area contributed by atoms with E-state index in [4.69, 9.17) is 10.2 Å². The monoisotopic (exact) mass is 425 g/mol. The van der Waals surface area contributed by atoms with Crippen molar-refractivity contribution in [1.82, 2.24) is 14.8 Å². The molecule has 0 saturated carbocycles. The molecule has 3 aromatic rings. The van der Waals surface area contributed by atoms with Crippen molar-refractivity contribution in [2.24, 2.45) is 5.73 Å². The number of nitrogens with two attached hydrogens (primary N) is 1. The minimum Gasteiger partial charge on any atom is -0.461 e. The van der Waals surface area contributed by atoms with Crippen molar-refractivity contribution in [3.05, 3.63) is 48.2 Å². The highest BCUT2D eigenvalue weighted by Crippen LogP contribution is 2.32. The molecule has 2 aromatic heterocycles. The van der Waals surface area contributed by atoms with Gasteiger partial charge in [0, 0.05) is 25.2 Å². The van der Waals surface area contributed by atoms with Crippen LogP contribution in [0, 0.1) is 0 Å². The van der Waals surface area contributed by atoms with E-state index in [9.17, 15) is 9.59 Å². The number of benzene rings is 1. The number of aryl methyl sites for hydroxylation is 1. The van der Waals surface area contributed by atoms with Crippen LogP contribution in [0.1, 0.15) is 25.3 Å². The zero-order valence-corrected chi connectivity index (χ0v) is 17.5. The van der Waals surface area contributed by atoms with Gasteiger partial charge in [-0.05, 0) is 43.5 Å². The van der Waals surface area contributed by atoms with Gasteiger partial charge in [0.2, 0.25) is 11.8 Å². The number of nitrogens with zero attached hydrogens (tertiary/aromatic N) is 4. The van der Waals surface area contributed by atoms with Crippen molar-refractivity contribution in [1.29, 1.82) is 0 Å². The van der Waals surface area contributed by atoms with Gasteiger partial charge in [0.1, 0.15) is 0 Å². The third-order valence-corrected chi connectivity index (χ3v) is 6.11. The van der Waals surface area contributed by atoms with Crippen LogP contribution in [0.25, 0.3) is 11.6 Å². The summed E-state index contributed by atoms with van der Waals surface area (Å²) in [6.45, 7) is 2.88. The standard InChI is InChI=1S/C21H23N5O3S/c1-14(20(28)25-11-4-7-15-6-2-3-8-16(15)25)30-21-24-23-19(17-9-5-13-29-17)26(21)12-10-18(22)27/h2-3,5-6,8-9,13-14H,4,7,10-12H2,1H3,(H2,22,27). The third-order valence-electron chi connectivity index (χ3n) is 5.05. The molecular weight excluding hydrogens is 402 g/mol. The van der Waals surface area contributed by atoms with Crippen LogP contribution in [0.4, 0.5) is 5.69 Å². The summed E-state index contributed by atoms with van der Waals surface area (Å²) in [5, 5.41) is 8.65. The fraction of sp³-hybridized carbons (Fsp3) is 0.333. The van der Waals surface area contributed by atoms with E-state index < -0.39 is 5.91 Å². The fourth-order valence-corrected chi connectivity index (χ4v) is 4.52. The highest BCUT2D eigenvalue weighted by Gasteiger charge is 2.28. The first-order valence-electron chi connectivity index (χ1n) is 9.86. The van der Waals surface area contributed by atoms with Crippen molar-refractivity contribution < 1.29 is 14.0 Å². The van der Waals surface area contributed by atoms with Gasteiger partial charge in [0.05, 0.1) is 11.5 Å². The molecule has 3 heterocycles. The molecule has 1 aliphatic rings. The normalized spacial score (nSPS) is 14.4. The third kappa shape index (κ3) is 4.11. The molecule has 0 bridgehead atoms. The number of aromatic nitrogens is 3. The van der Waals surface area contributed by atoms with Gasteiger partial charge in [-0.15, -0.1) is 10.2 Å². The molecule has 0 spiro atoms. The molecule has 8 nitrogen and oxygen atoms in total. The molecule has 2 amide bonds. The Morgan fingerprint density at radius 2 is 2.07 bits per heavy atom. The average Bonchev–Trinajstić information content (AvgIpc) is 3.41. The van der Waals surface area contributed by atoms with Gasteiger partial charge < -0.3 is 15.1 Å². The van der Waals surface area contributed by atoms with E-state index in [2.05, 4.69) is 16.3 Å². The van der Waals surface area contributed by atoms with Crippen LogP contribution in [-0.4, -0.2) is 38.4 Å². The highest BCUT2D eigenvalue weighted by atomic mass is 32.2. The van der Waals surface area contributed by atoms with Crippen LogP contribution in [0.5, 0.6) is 0 Å². The van der Waals surface area contributed by atoms with E-state index in [1.807, 2.05) is 30.0 Å². The van der Waals surface area contributed by atoms with Gasteiger partial charge in [-0.3, -0.25) is 14.2 Å². The maximum absolute atomic E-state index is 13.2. The Bertz CT molecular complexity index is 1050. The molecule has 30 heavy (non-hydrogen) atoms. The van der Waals surface area contributed by atoms with Crippen molar-refractivity contribution in [2.75, 3.05) is 11.4 Å². The van der Waals surface area contributed by atoms with Gasteiger partial charge in [-0.2, -0.15) is 0 Å². The lowest BCUT2D eigenvalue weighted by Crippen LogP contribution is -2.40. The number of furan rings is 1. The number of carbonyl (C=O) groups is 2. The maximum atomic E-state index is 13.2. The van der Waals surface area contributed by atoms with Crippen molar-refractivity contribution in [3.8, 4) is 11.6 Å². The number of carbonyl (C=O) groups excluding carboxylic acids is 2. The molecule has 1 unspecified atom stereocenters. The molecule has 9 heteroatoms. The summed E-state index contributed by atoms with van der Waals surface area (Å²) >= 11 is 1.32. The van der Waals surface area contributed by atoms with Gasteiger partial charge >= 0.3 is 0 Å². The number of primary amides is 1. The number of hydrogen-bond donors (Lipinski definition) is 1. The molecule has 0 radical (unpaired) electrons. The number of fused-ring (bicyclic) bond motifs is 1. The lowest BCUT2D eigenvalue weighted by Gasteiger charge is -2.31. The van der Waals surface area contributed by atoms with Crippen molar-refractivity contribution in [2.45, 2.75) is 43.1 Å². The number of hydrogen-bond acceptors (Lipinski definition) is 6. The molecule has 156 valence electrons. The number of amides is 2. The first-order valence-corrected chi connectivity index (χ1v) is 10.7. The van der Waals surface area contributed by atoms with Crippen LogP contribution in [0.2, 0.25) is 0 Å². The summed E-state index contributed by atoms with van der Waals surface area (Å²) in [5.74, 6) is 0.657. The quantitative estimate of drug-likeness (QED) is 0.583. The molecule has 0 fully saturated rings. The van der Waals surface area contributed by atoms with E-state index >= 15 is 0 Å². The predicted molar refractivity (Wildman–Crippen MR) is 114 cm³/mol. The SMILES string of the molecule is CC(Sc1nnc(-c2ccco2)n1CCC(N)=O)C(=O)N1CCCc2ccccc21. The summed E-state index contributed by atoms with van der Waals surface area (Å²) in [4.78, 5) is 26.4. The van der Waals surface area contributed by atoms with Crippen LogP contribution in [0.15, 0.2) is 52.2 Å². The van der Waals surface area contributed by atoms with Crippen LogP contribution in [-0.2, 0) is 22.6 Å². The first kappa shape index (κ1) is 20.2. The van der Waals surface area contributed by atoms with Crippen LogP contribution < -0.4 is 10.6 Å². The summed E-state index contributed by atoms with van der Waals surface area (Å²) in [7, 11) is 0. The maximum Gasteiger partial charge on any atom is 0.240 e. The lowest BCUT2D eigenvalue weighted by molar-refractivity contribution is -0.119. The molecule has 2 N–H and O–H groups in total. The molecule has 0 saturated heterocycles. The molecule has 1 aliphatic heterocycles. The second kappa shape index (κ2) is 8.74. The zero-order chi connectivity index (χ0) is 21.1. The zero-order valence-electron chi connectivity index (χ0n) is 16.7. The Balaban J connectivity index is 1.56. The van der Waals surface area contributed by atoms with E-state index in [1.54, 1.807) is 23.0 Å². The van der Waals surface area contributed by atoms with E-state index in [0.717, 1.165) is 18.5 Å². The largest absolute Gasteiger partial charge is 0.461 e. The predicted octanol–water partition coefficient (Wildman–Crippen LogP) is 2.87. The number of thioether (sulfide) groups is 1. The second-order valence-corrected chi connectivity index (χ2v) is 8.44. The number of anilines is 1. The van der Waals surface area contributed by atoms with Gasteiger partial charge in [0.15, 0.2) is 16.7 Å². The van der Waals surface area contributed by atoms with Gasteiger partial charge in [-0.25, -0.2) is 0 Å². The summed E-state index contributed by atoms with van der Waals surface area (Å²) in [6, 6.07) is 11.6. The number of rotatable bonds is 7. The Kier molecular flexibility index (Phi) is 5.89. The molecule has 1 aromatic carbocycles. The topological polar surface area (TPSA) is 107 Å². The van der Waals surface area contributed by atoms with E-state index in [1.165, 1.54) is 17.3 Å². The van der Waals surface area contributed by atoms with Crippen molar-refractivity contribution in [3.63, 3.8) is 0 Å². The average molecular weight is 426 g/mol. The van der Waals surface area contributed by atoms with Crippen molar-refractivity contribution >= 4 is 29.3 Å².